The van der Waals surface area contributed by atoms with Crippen molar-refractivity contribution in [1.29, 1.82) is 0 Å². The Balaban J connectivity index is 2.14. The van der Waals surface area contributed by atoms with E-state index in [9.17, 15) is 18.0 Å². The molecule has 0 bridgehead atoms. The van der Waals surface area contributed by atoms with Crippen LogP contribution in [0.3, 0.4) is 0 Å². The number of benzene rings is 2. The normalized spacial score (nSPS) is 12.3. The van der Waals surface area contributed by atoms with Gasteiger partial charge < -0.3 is 10.1 Å². The number of esters is 1. The number of carbonyl (C=O) groups excluding carboxylic acids is 2. The first-order valence-corrected chi connectivity index (χ1v) is 10.4. The van der Waals surface area contributed by atoms with Crippen LogP contribution in [0.1, 0.15) is 17.3 Å². The summed E-state index contributed by atoms with van der Waals surface area (Å²) >= 11 is 14.9. The fraction of sp³-hybridized carbons (Fsp3) is 0.125. The minimum Gasteiger partial charge on any atom is -0.449 e. The van der Waals surface area contributed by atoms with Gasteiger partial charge in [-0.15, -0.1) is 0 Å². The molecule has 0 saturated carbocycles. The van der Waals surface area contributed by atoms with Crippen molar-refractivity contribution in [2.45, 2.75) is 17.9 Å². The van der Waals surface area contributed by atoms with E-state index in [1.807, 2.05) is 0 Å². The molecule has 0 aliphatic carbocycles. The highest BCUT2D eigenvalue weighted by Gasteiger charge is 2.22. The molecule has 0 fully saturated rings. The van der Waals surface area contributed by atoms with Crippen LogP contribution in [0.5, 0.6) is 0 Å². The van der Waals surface area contributed by atoms with Gasteiger partial charge in [0.1, 0.15) is 0 Å². The quantitative estimate of drug-likeness (QED) is 0.615. The zero-order chi connectivity index (χ0) is 20.4. The summed E-state index contributed by atoms with van der Waals surface area (Å²) in [7, 11) is -4.00. The van der Waals surface area contributed by atoms with E-state index in [1.54, 1.807) is 0 Å². The lowest BCUT2D eigenvalue weighted by Gasteiger charge is -2.15. The number of ether oxygens (including phenoxy) is 1. The number of carbonyl (C=O) groups is 2. The molecule has 0 spiro atoms. The molecule has 0 aromatic heterocycles. The van der Waals surface area contributed by atoms with Gasteiger partial charge in [0, 0.05) is 9.50 Å². The van der Waals surface area contributed by atoms with E-state index >= 15 is 0 Å². The molecule has 1 amide bonds. The lowest BCUT2D eigenvalue weighted by Crippen LogP contribution is -2.30. The van der Waals surface area contributed by atoms with E-state index in [2.05, 4.69) is 21.2 Å². The predicted octanol–water partition coefficient (Wildman–Crippen LogP) is 3.59. The SMILES string of the molecule is CC(OC(=O)c1cc(S(N)(=O)=O)ccc1Br)C(=O)Nc1ccc(Cl)cc1Cl. The van der Waals surface area contributed by atoms with Gasteiger partial charge in [-0.25, -0.2) is 18.4 Å². The zero-order valence-corrected chi connectivity index (χ0v) is 17.6. The molecule has 2 aromatic carbocycles. The monoisotopic (exact) mass is 494 g/mol. The Morgan fingerprint density at radius 1 is 1.19 bits per heavy atom. The number of nitrogens with two attached hydrogens (primary N) is 1. The minimum absolute atomic E-state index is 0.0919. The van der Waals surface area contributed by atoms with Crippen LogP contribution in [-0.2, 0) is 19.6 Å². The second kappa shape index (κ2) is 8.57. The van der Waals surface area contributed by atoms with Crippen molar-refractivity contribution in [2.24, 2.45) is 5.14 Å². The maximum Gasteiger partial charge on any atom is 0.340 e. The number of halogens is 3. The van der Waals surface area contributed by atoms with E-state index in [0.717, 1.165) is 6.07 Å². The molecule has 0 aliphatic rings. The average molecular weight is 496 g/mol. The van der Waals surface area contributed by atoms with Crippen LogP contribution >= 0.6 is 39.1 Å². The van der Waals surface area contributed by atoms with Crippen molar-refractivity contribution in [3.63, 3.8) is 0 Å². The first kappa shape index (κ1) is 21.6. The highest BCUT2D eigenvalue weighted by Crippen LogP contribution is 2.26. The Morgan fingerprint density at radius 2 is 1.85 bits per heavy atom. The topological polar surface area (TPSA) is 116 Å². The highest BCUT2D eigenvalue weighted by atomic mass is 79.9. The molecule has 1 atom stereocenters. The molecule has 0 saturated heterocycles. The number of hydrogen-bond acceptors (Lipinski definition) is 5. The van der Waals surface area contributed by atoms with E-state index in [1.165, 1.54) is 37.3 Å². The summed E-state index contributed by atoms with van der Waals surface area (Å²) in [6.07, 6.45) is -1.19. The van der Waals surface area contributed by atoms with Gasteiger partial charge in [-0.3, -0.25) is 4.79 Å². The first-order valence-electron chi connectivity index (χ1n) is 7.28. The molecular weight excluding hydrogens is 483 g/mol. The predicted molar refractivity (Wildman–Crippen MR) is 105 cm³/mol. The van der Waals surface area contributed by atoms with Crippen LogP contribution in [0, 0.1) is 0 Å². The van der Waals surface area contributed by atoms with E-state index < -0.39 is 28.0 Å². The molecule has 0 heterocycles. The van der Waals surface area contributed by atoms with Gasteiger partial charge in [0.15, 0.2) is 6.10 Å². The second-order valence-corrected chi connectivity index (χ2v) is 8.61. The number of amides is 1. The molecule has 27 heavy (non-hydrogen) atoms. The fourth-order valence-electron chi connectivity index (χ4n) is 1.94. The molecular formula is C16H13BrCl2N2O5S. The van der Waals surface area contributed by atoms with Crippen LogP contribution in [0.15, 0.2) is 45.8 Å². The number of sulfonamides is 1. The van der Waals surface area contributed by atoms with Gasteiger partial charge in [0.2, 0.25) is 10.0 Å². The lowest BCUT2D eigenvalue weighted by atomic mass is 10.2. The number of nitrogens with one attached hydrogen (secondary N) is 1. The van der Waals surface area contributed by atoms with Crippen LogP contribution in [0.2, 0.25) is 10.0 Å². The summed E-state index contributed by atoms with van der Waals surface area (Å²) in [5.74, 6) is -1.54. The van der Waals surface area contributed by atoms with Crippen molar-refractivity contribution in [3.8, 4) is 0 Å². The third-order valence-electron chi connectivity index (χ3n) is 3.33. The summed E-state index contributed by atoms with van der Waals surface area (Å²) in [5.41, 5.74) is 0.206. The molecule has 1 unspecified atom stereocenters. The van der Waals surface area contributed by atoms with Gasteiger partial charge in [0.05, 0.1) is 21.2 Å². The minimum atomic E-state index is -4.00. The van der Waals surface area contributed by atoms with E-state index in [0.29, 0.717) is 10.7 Å². The van der Waals surface area contributed by atoms with Crippen LogP contribution in [0.25, 0.3) is 0 Å². The highest BCUT2D eigenvalue weighted by molar-refractivity contribution is 9.10. The van der Waals surface area contributed by atoms with Crippen LogP contribution < -0.4 is 10.5 Å². The molecule has 2 aromatic rings. The van der Waals surface area contributed by atoms with Gasteiger partial charge >= 0.3 is 5.97 Å². The van der Waals surface area contributed by atoms with E-state index in [-0.39, 0.29) is 20.0 Å². The molecule has 7 nitrogen and oxygen atoms in total. The Hall–Kier alpha value is -1.65. The average Bonchev–Trinajstić information content (AvgIpc) is 2.56. The third kappa shape index (κ3) is 5.66. The number of primary sulfonamides is 1. The largest absolute Gasteiger partial charge is 0.449 e. The number of rotatable bonds is 5. The second-order valence-electron chi connectivity index (χ2n) is 5.35. The standard InChI is InChI=1S/C16H13BrCl2N2O5S/c1-8(15(22)21-14-5-2-9(18)6-13(14)19)26-16(23)11-7-10(27(20,24)25)3-4-12(11)17/h2-8H,1H3,(H,21,22)(H2,20,24,25). The van der Waals surface area contributed by atoms with Crippen molar-refractivity contribution in [3.05, 3.63) is 56.5 Å². The molecule has 0 radical (unpaired) electrons. The van der Waals surface area contributed by atoms with Crippen molar-refractivity contribution in [1.82, 2.24) is 0 Å². The lowest BCUT2D eigenvalue weighted by molar-refractivity contribution is -0.123. The van der Waals surface area contributed by atoms with Crippen molar-refractivity contribution < 1.29 is 22.7 Å². The Morgan fingerprint density at radius 3 is 2.44 bits per heavy atom. The van der Waals surface area contributed by atoms with Crippen molar-refractivity contribution >= 4 is 66.7 Å². The Bertz CT molecular complexity index is 1010. The van der Waals surface area contributed by atoms with E-state index in [4.69, 9.17) is 33.1 Å². The molecule has 3 N–H and O–H groups in total. The zero-order valence-electron chi connectivity index (χ0n) is 13.7. The summed E-state index contributed by atoms with van der Waals surface area (Å²) in [6, 6.07) is 8.12. The maximum atomic E-state index is 12.3. The van der Waals surface area contributed by atoms with Crippen molar-refractivity contribution in [2.75, 3.05) is 5.32 Å². The Kier molecular flexibility index (Phi) is 6.87. The maximum absolute atomic E-state index is 12.3. The summed E-state index contributed by atoms with van der Waals surface area (Å²) in [5, 5.41) is 8.19. The summed E-state index contributed by atoms with van der Waals surface area (Å²) in [4.78, 5) is 24.3. The third-order valence-corrected chi connectivity index (χ3v) is 5.48. The molecule has 0 aliphatic heterocycles. The van der Waals surface area contributed by atoms with Crippen LogP contribution in [0.4, 0.5) is 5.69 Å². The van der Waals surface area contributed by atoms with Gasteiger partial charge in [-0.05, 0) is 59.3 Å². The number of hydrogen-bond donors (Lipinski definition) is 2. The fourth-order valence-corrected chi connectivity index (χ4v) is 3.34. The van der Waals surface area contributed by atoms with Gasteiger partial charge in [-0.1, -0.05) is 23.2 Å². The molecule has 11 heteroatoms. The summed E-state index contributed by atoms with van der Waals surface area (Å²) < 4.78 is 28.2. The Labute approximate surface area is 174 Å². The smallest absolute Gasteiger partial charge is 0.340 e. The van der Waals surface area contributed by atoms with Gasteiger partial charge in [0.25, 0.3) is 5.91 Å². The number of anilines is 1. The summed E-state index contributed by atoms with van der Waals surface area (Å²) in [6.45, 7) is 1.36. The first-order chi connectivity index (χ1) is 12.5. The molecule has 144 valence electrons. The molecule has 2 rings (SSSR count). The van der Waals surface area contributed by atoms with Crippen LogP contribution in [-0.4, -0.2) is 26.4 Å². The van der Waals surface area contributed by atoms with Gasteiger partial charge in [-0.2, -0.15) is 0 Å².